The molecular formula is C16H15Cl2N3O2. The molecule has 1 N–H and O–H groups in total. The number of hydrogen-bond acceptors (Lipinski definition) is 5. The zero-order chi connectivity index (χ0) is 16.2. The number of rotatable bonds is 5. The lowest BCUT2D eigenvalue weighted by atomic mass is 10.1. The molecule has 0 aliphatic carbocycles. The van der Waals surface area contributed by atoms with E-state index in [1.807, 2.05) is 25.1 Å². The average molecular weight is 352 g/mol. The molecule has 0 saturated carbocycles. The van der Waals surface area contributed by atoms with Crippen molar-refractivity contribution < 1.29 is 9.47 Å². The van der Waals surface area contributed by atoms with E-state index in [-0.39, 0.29) is 6.79 Å². The Morgan fingerprint density at radius 3 is 2.91 bits per heavy atom. The third kappa shape index (κ3) is 4.06. The summed E-state index contributed by atoms with van der Waals surface area (Å²) in [4.78, 5) is 4.09. The van der Waals surface area contributed by atoms with Crippen LogP contribution in [0.15, 0.2) is 35.6 Å². The van der Waals surface area contributed by atoms with Gasteiger partial charge in [0.25, 0.3) is 0 Å². The summed E-state index contributed by atoms with van der Waals surface area (Å²) in [5, 5.41) is 5.22. The first-order valence-corrected chi connectivity index (χ1v) is 7.86. The molecule has 0 spiro atoms. The topological polar surface area (TPSA) is 55.7 Å². The Labute approximate surface area is 144 Å². The summed E-state index contributed by atoms with van der Waals surface area (Å²) in [5.74, 6) is 2.08. The molecule has 0 unspecified atom stereocenters. The maximum atomic E-state index is 6.04. The number of hydrogen-bond donors (Lipinski definition) is 1. The van der Waals surface area contributed by atoms with E-state index in [0.29, 0.717) is 15.9 Å². The molecule has 1 aliphatic rings. The van der Waals surface area contributed by atoms with E-state index < -0.39 is 0 Å². The van der Waals surface area contributed by atoms with Crippen LogP contribution in [0, 0.1) is 0 Å². The van der Waals surface area contributed by atoms with E-state index in [2.05, 4.69) is 15.5 Å². The third-order valence-corrected chi connectivity index (χ3v) is 3.87. The number of aryl methyl sites for hydroxylation is 1. The predicted molar refractivity (Wildman–Crippen MR) is 91.9 cm³/mol. The van der Waals surface area contributed by atoms with Gasteiger partial charge in [0.15, 0.2) is 17.3 Å². The number of hydrazone groups is 1. The Balaban J connectivity index is 1.57. The molecule has 1 aromatic carbocycles. The highest BCUT2D eigenvalue weighted by Gasteiger charge is 2.13. The fourth-order valence-corrected chi connectivity index (χ4v) is 2.55. The molecule has 0 atom stereocenters. The molecule has 0 radical (unpaired) electrons. The number of halogens is 2. The van der Waals surface area contributed by atoms with Gasteiger partial charge in [-0.25, -0.2) is 4.98 Å². The second kappa shape index (κ2) is 7.06. The molecule has 0 fully saturated rings. The maximum Gasteiger partial charge on any atom is 0.231 e. The minimum Gasteiger partial charge on any atom is -0.454 e. The van der Waals surface area contributed by atoms with Crippen molar-refractivity contribution in [2.24, 2.45) is 5.10 Å². The van der Waals surface area contributed by atoms with Crippen molar-refractivity contribution in [1.29, 1.82) is 0 Å². The molecule has 2 heterocycles. The van der Waals surface area contributed by atoms with Crippen LogP contribution in [0.5, 0.6) is 11.5 Å². The van der Waals surface area contributed by atoms with Gasteiger partial charge in [0.05, 0.1) is 10.0 Å². The van der Waals surface area contributed by atoms with E-state index in [9.17, 15) is 0 Å². The van der Waals surface area contributed by atoms with Crippen LogP contribution in [-0.2, 0) is 6.42 Å². The quantitative estimate of drug-likeness (QED) is 0.634. The van der Waals surface area contributed by atoms with Crippen LogP contribution >= 0.6 is 23.2 Å². The number of aromatic nitrogens is 1. The van der Waals surface area contributed by atoms with Crippen molar-refractivity contribution in [3.63, 3.8) is 0 Å². The highest BCUT2D eigenvalue weighted by Crippen LogP contribution is 2.32. The van der Waals surface area contributed by atoms with E-state index in [4.69, 9.17) is 32.7 Å². The lowest BCUT2D eigenvalue weighted by molar-refractivity contribution is 0.174. The highest BCUT2D eigenvalue weighted by molar-refractivity contribution is 6.35. The number of anilines is 1. The van der Waals surface area contributed by atoms with Gasteiger partial charge < -0.3 is 9.47 Å². The van der Waals surface area contributed by atoms with Crippen molar-refractivity contribution in [2.75, 3.05) is 12.2 Å². The summed E-state index contributed by atoms with van der Waals surface area (Å²) in [6.07, 6.45) is 3.18. The van der Waals surface area contributed by atoms with E-state index in [0.717, 1.165) is 30.1 Å². The Bertz CT molecular complexity index is 750. The summed E-state index contributed by atoms with van der Waals surface area (Å²) in [7, 11) is 0. The smallest absolute Gasteiger partial charge is 0.231 e. The van der Waals surface area contributed by atoms with Crippen LogP contribution in [0.25, 0.3) is 0 Å². The first-order valence-electron chi connectivity index (χ1n) is 7.10. The molecule has 2 aromatic rings. The fraction of sp³-hybridized carbons (Fsp3) is 0.250. The van der Waals surface area contributed by atoms with Gasteiger partial charge >= 0.3 is 0 Å². The molecule has 1 aromatic heterocycles. The monoisotopic (exact) mass is 351 g/mol. The Morgan fingerprint density at radius 2 is 2.09 bits per heavy atom. The number of benzene rings is 1. The van der Waals surface area contributed by atoms with Crippen molar-refractivity contribution in [3.8, 4) is 11.5 Å². The second-order valence-corrected chi connectivity index (χ2v) is 5.97. The van der Waals surface area contributed by atoms with Gasteiger partial charge in [-0.1, -0.05) is 29.3 Å². The number of nitrogens with one attached hydrogen (secondary N) is 1. The van der Waals surface area contributed by atoms with Crippen molar-refractivity contribution in [1.82, 2.24) is 4.98 Å². The molecule has 23 heavy (non-hydrogen) atoms. The number of pyridine rings is 1. The summed E-state index contributed by atoms with van der Waals surface area (Å²) in [6.45, 7) is 2.24. The molecule has 5 nitrogen and oxygen atoms in total. The van der Waals surface area contributed by atoms with Gasteiger partial charge in [0, 0.05) is 11.9 Å². The molecule has 0 amide bonds. The summed E-state index contributed by atoms with van der Waals surface area (Å²) in [5.41, 5.74) is 4.97. The molecule has 0 saturated heterocycles. The van der Waals surface area contributed by atoms with E-state index in [1.165, 1.54) is 11.8 Å². The van der Waals surface area contributed by atoms with E-state index in [1.54, 1.807) is 6.07 Å². The first kappa shape index (κ1) is 15.9. The number of nitrogens with zero attached hydrogens (tertiary/aromatic N) is 2. The van der Waals surface area contributed by atoms with Gasteiger partial charge in [-0.05, 0) is 43.5 Å². The number of ether oxygens (including phenoxy) is 2. The summed E-state index contributed by atoms with van der Waals surface area (Å²) >= 11 is 11.8. The van der Waals surface area contributed by atoms with Gasteiger partial charge in [0.2, 0.25) is 6.79 Å². The van der Waals surface area contributed by atoms with Gasteiger partial charge in [0.1, 0.15) is 0 Å². The Morgan fingerprint density at radius 1 is 1.26 bits per heavy atom. The molecule has 120 valence electrons. The maximum absolute atomic E-state index is 6.04. The van der Waals surface area contributed by atoms with Crippen LogP contribution in [0.3, 0.4) is 0 Å². The molecule has 7 heteroatoms. The van der Waals surface area contributed by atoms with Gasteiger partial charge in [-0.2, -0.15) is 5.10 Å². The molecule has 0 bridgehead atoms. The predicted octanol–water partition coefficient (Wildman–Crippen LogP) is 4.54. The van der Waals surface area contributed by atoms with Crippen LogP contribution in [0.1, 0.15) is 18.9 Å². The fourth-order valence-electron chi connectivity index (χ4n) is 2.12. The average Bonchev–Trinajstić information content (AvgIpc) is 2.99. The molecule has 3 rings (SSSR count). The Hall–Kier alpha value is -1.98. The number of fused-ring (bicyclic) bond motifs is 1. The lowest BCUT2D eigenvalue weighted by Crippen LogP contribution is -2.01. The minimum absolute atomic E-state index is 0.290. The minimum atomic E-state index is 0.290. The van der Waals surface area contributed by atoms with Crippen molar-refractivity contribution in [2.45, 2.75) is 19.8 Å². The zero-order valence-corrected chi connectivity index (χ0v) is 14.0. The van der Waals surface area contributed by atoms with Gasteiger partial charge in [-0.15, -0.1) is 0 Å². The highest BCUT2D eigenvalue weighted by atomic mass is 35.5. The van der Waals surface area contributed by atoms with Crippen LogP contribution in [0.4, 0.5) is 5.82 Å². The summed E-state index contributed by atoms with van der Waals surface area (Å²) in [6, 6.07) is 7.59. The largest absolute Gasteiger partial charge is 0.454 e. The lowest BCUT2D eigenvalue weighted by Gasteiger charge is -2.05. The standard InChI is InChI=1S/C16H15Cl2N3O2/c1-10(20-21-16-13(18)7-12(17)8-19-16)2-3-11-4-5-14-15(6-11)23-9-22-14/h4-8H,2-3,9H2,1H3,(H,19,21)/b20-10+. The van der Waals surface area contributed by atoms with Crippen LogP contribution in [-0.4, -0.2) is 17.5 Å². The third-order valence-electron chi connectivity index (χ3n) is 3.37. The second-order valence-electron chi connectivity index (χ2n) is 5.13. The van der Waals surface area contributed by atoms with Crippen LogP contribution in [0.2, 0.25) is 10.0 Å². The molecule has 1 aliphatic heterocycles. The first-order chi connectivity index (χ1) is 11.1. The van der Waals surface area contributed by atoms with E-state index >= 15 is 0 Å². The SMILES string of the molecule is C/C(CCc1ccc2c(c1)OCO2)=N\Nc1ncc(Cl)cc1Cl. The normalized spacial score (nSPS) is 13.3. The van der Waals surface area contributed by atoms with Gasteiger partial charge in [-0.3, -0.25) is 5.43 Å². The Kier molecular flexibility index (Phi) is 4.88. The zero-order valence-electron chi connectivity index (χ0n) is 12.5. The van der Waals surface area contributed by atoms with Crippen molar-refractivity contribution >= 4 is 34.7 Å². The van der Waals surface area contributed by atoms with Crippen LogP contribution < -0.4 is 14.9 Å². The summed E-state index contributed by atoms with van der Waals surface area (Å²) < 4.78 is 10.7. The molecular weight excluding hydrogens is 337 g/mol. The van der Waals surface area contributed by atoms with Crippen molar-refractivity contribution in [3.05, 3.63) is 46.1 Å².